The first-order valence-corrected chi connectivity index (χ1v) is 12.6. The fourth-order valence-electron chi connectivity index (χ4n) is 3.84. The van der Waals surface area contributed by atoms with E-state index in [1.165, 1.54) is 40.4 Å². The number of hydrogen-bond donors (Lipinski definition) is 1. The average molecular weight is 501 g/mol. The molecule has 1 amide bonds. The number of benzene rings is 2. The highest BCUT2D eigenvalue weighted by molar-refractivity contribution is 8.00. The number of carbonyl (C=O) groups is 2. The smallest absolute Gasteiger partial charge is 0.301 e. The van der Waals surface area contributed by atoms with Crippen molar-refractivity contribution in [3.05, 3.63) is 107 Å². The van der Waals surface area contributed by atoms with Crippen LogP contribution in [-0.2, 0) is 15.3 Å². The van der Waals surface area contributed by atoms with E-state index in [-0.39, 0.29) is 11.3 Å². The lowest BCUT2D eigenvalue weighted by atomic mass is 9.95. The van der Waals surface area contributed by atoms with Gasteiger partial charge >= 0.3 is 5.91 Å². The van der Waals surface area contributed by atoms with Gasteiger partial charge in [-0.3, -0.25) is 19.5 Å². The Balaban J connectivity index is 1.54. The van der Waals surface area contributed by atoms with E-state index in [9.17, 15) is 14.7 Å². The molecule has 3 heterocycles. The van der Waals surface area contributed by atoms with Gasteiger partial charge in [-0.1, -0.05) is 83.3 Å². The van der Waals surface area contributed by atoms with Gasteiger partial charge in [-0.15, -0.1) is 10.2 Å². The van der Waals surface area contributed by atoms with E-state index in [4.69, 9.17) is 0 Å². The van der Waals surface area contributed by atoms with Gasteiger partial charge in [0.25, 0.3) is 5.78 Å². The minimum Gasteiger partial charge on any atom is -0.507 e. The highest BCUT2D eigenvalue weighted by atomic mass is 32.2. The van der Waals surface area contributed by atoms with Crippen molar-refractivity contribution in [3.63, 3.8) is 0 Å². The molecular formula is C26H20N4O3S2. The van der Waals surface area contributed by atoms with Crippen molar-refractivity contribution < 1.29 is 14.7 Å². The molecule has 1 aliphatic rings. The van der Waals surface area contributed by atoms with Crippen LogP contribution in [0.5, 0.6) is 0 Å². The maximum Gasteiger partial charge on any atom is 0.301 e. The minimum absolute atomic E-state index is 0.0127. The Labute approximate surface area is 210 Å². The first-order chi connectivity index (χ1) is 17.0. The summed E-state index contributed by atoms with van der Waals surface area (Å²) in [5.41, 5.74) is 3.30. The van der Waals surface area contributed by atoms with E-state index in [1.807, 2.05) is 61.5 Å². The number of amides is 1. The van der Waals surface area contributed by atoms with E-state index in [0.29, 0.717) is 26.4 Å². The lowest BCUT2D eigenvalue weighted by Crippen LogP contribution is -2.29. The fraction of sp³-hybridized carbons (Fsp3) is 0.115. The first-order valence-electron chi connectivity index (χ1n) is 10.8. The van der Waals surface area contributed by atoms with Crippen molar-refractivity contribution in [3.8, 4) is 0 Å². The summed E-state index contributed by atoms with van der Waals surface area (Å²) < 4.78 is 0.683. The highest BCUT2D eigenvalue weighted by Crippen LogP contribution is 2.44. The maximum absolute atomic E-state index is 13.2. The Morgan fingerprint density at radius 1 is 1.00 bits per heavy atom. The minimum atomic E-state index is -0.830. The molecule has 174 valence electrons. The molecule has 9 heteroatoms. The molecule has 1 N–H and O–H groups in total. The predicted molar refractivity (Wildman–Crippen MR) is 136 cm³/mol. The maximum atomic E-state index is 13.2. The van der Waals surface area contributed by atoms with Crippen molar-refractivity contribution in [2.75, 3.05) is 4.90 Å². The van der Waals surface area contributed by atoms with E-state index >= 15 is 0 Å². The van der Waals surface area contributed by atoms with Crippen molar-refractivity contribution in [2.24, 2.45) is 0 Å². The molecule has 35 heavy (non-hydrogen) atoms. The second-order valence-corrected chi connectivity index (χ2v) is 10.1. The van der Waals surface area contributed by atoms with Crippen LogP contribution in [0.2, 0.25) is 0 Å². The Hall–Kier alpha value is -3.82. The molecule has 4 aromatic rings. The molecule has 5 rings (SSSR count). The van der Waals surface area contributed by atoms with E-state index in [2.05, 4.69) is 15.2 Å². The number of thioether (sulfide) groups is 1. The van der Waals surface area contributed by atoms with Crippen LogP contribution in [0.4, 0.5) is 5.13 Å². The standard InChI is InChI=1S/C26H20N4O3S2/c1-16-7-9-18(10-8-16)21-20(22(31)19-11-13-27-14-12-19)23(32)24(33)30(21)25-28-29-26(35-25)34-15-17-5-3-2-4-6-17/h2-14,21,31H,15H2,1H3. The number of ketones is 1. The molecule has 0 aliphatic carbocycles. The number of aliphatic hydroxyl groups excluding tert-OH is 1. The van der Waals surface area contributed by atoms with Crippen molar-refractivity contribution in [1.82, 2.24) is 15.2 Å². The quantitative estimate of drug-likeness (QED) is 0.128. The van der Waals surface area contributed by atoms with Gasteiger partial charge in [0.2, 0.25) is 5.13 Å². The van der Waals surface area contributed by atoms with Crippen LogP contribution < -0.4 is 4.90 Å². The lowest BCUT2D eigenvalue weighted by Gasteiger charge is -2.22. The topological polar surface area (TPSA) is 96.3 Å². The summed E-state index contributed by atoms with van der Waals surface area (Å²) in [6, 6.07) is 19.9. The van der Waals surface area contributed by atoms with Crippen LogP contribution in [0, 0.1) is 6.92 Å². The van der Waals surface area contributed by atoms with Gasteiger partial charge in [0.1, 0.15) is 5.76 Å². The number of Topliss-reactive ketones (excluding diaryl/α,β-unsaturated/α-hetero) is 1. The lowest BCUT2D eigenvalue weighted by molar-refractivity contribution is -0.132. The van der Waals surface area contributed by atoms with E-state index in [1.54, 1.807) is 12.1 Å². The zero-order chi connectivity index (χ0) is 24.4. The molecule has 1 saturated heterocycles. The number of pyridine rings is 1. The van der Waals surface area contributed by atoms with Crippen LogP contribution in [0.25, 0.3) is 5.76 Å². The molecule has 1 fully saturated rings. The molecule has 1 atom stereocenters. The highest BCUT2D eigenvalue weighted by Gasteiger charge is 2.48. The molecule has 2 aromatic carbocycles. The number of carbonyl (C=O) groups excluding carboxylic acids is 2. The Morgan fingerprint density at radius 2 is 1.71 bits per heavy atom. The molecular weight excluding hydrogens is 480 g/mol. The Kier molecular flexibility index (Phi) is 6.43. The molecule has 0 bridgehead atoms. The third-order valence-electron chi connectivity index (χ3n) is 5.60. The molecule has 0 radical (unpaired) electrons. The number of anilines is 1. The van der Waals surface area contributed by atoms with Gasteiger partial charge in [-0.05, 0) is 30.2 Å². The first kappa shape index (κ1) is 22.9. The number of nitrogens with zero attached hydrogens (tertiary/aromatic N) is 4. The number of hydrogen-bond acceptors (Lipinski definition) is 8. The summed E-state index contributed by atoms with van der Waals surface area (Å²) in [5, 5.41) is 19.9. The van der Waals surface area contributed by atoms with E-state index in [0.717, 1.165) is 11.1 Å². The second-order valence-electron chi connectivity index (χ2n) is 7.94. The summed E-state index contributed by atoms with van der Waals surface area (Å²) in [5.74, 6) is -1.06. The Bertz CT molecular complexity index is 1400. The normalized spacial score (nSPS) is 17.2. The number of aryl methyl sites for hydroxylation is 1. The van der Waals surface area contributed by atoms with Gasteiger partial charge in [0.15, 0.2) is 4.34 Å². The van der Waals surface area contributed by atoms with Crippen LogP contribution in [0.15, 0.2) is 89.0 Å². The SMILES string of the molecule is Cc1ccc(C2C(=C(O)c3ccncc3)C(=O)C(=O)N2c2nnc(SCc3ccccc3)s2)cc1. The summed E-state index contributed by atoms with van der Waals surface area (Å²) in [7, 11) is 0. The summed E-state index contributed by atoms with van der Waals surface area (Å²) in [6.07, 6.45) is 3.04. The predicted octanol–water partition coefficient (Wildman–Crippen LogP) is 5.16. The van der Waals surface area contributed by atoms with Gasteiger partial charge in [-0.2, -0.15) is 0 Å². The summed E-state index contributed by atoms with van der Waals surface area (Å²) >= 11 is 2.76. The zero-order valence-electron chi connectivity index (χ0n) is 18.7. The zero-order valence-corrected chi connectivity index (χ0v) is 20.3. The van der Waals surface area contributed by atoms with Crippen molar-refractivity contribution in [2.45, 2.75) is 23.1 Å². The Morgan fingerprint density at radius 3 is 2.43 bits per heavy atom. The van der Waals surface area contributed by atoms with Gasteiger partial charge in [0.05, 0.1) is 11.6 Å². The van der Waals surface area contributed by atoms with Crippen LogP contribution in [0.3, 0.4) is 0 Å². The summed E-state index contributed by atoms with van der Waals surface area (Å²) in [4.78, 5) is 31.7. The molecule has 1 unspecified atom stereocenters. The largest absolute Gasteiger partial charge is 0.507 e. The molecule has 0 spiro atoms. The molecule has 7 nitrogen and oxygen atoms in total. The van der Waals surface area contributed by atoms with Crippen LogP contribution >= 0.6 is 23.1 Å². The van der Waals surface area contributed by atoms with E-state index < -0.39 is 17.7 Å². The molecule has 0 saturated carbocycles. The van der Waals surface area contributed by atoms with Crippen molar-refractivity contribution >= 4 is 45.7 Å². The number of aromatic nitrogens is 3. The number of aliphatic hydroxyl groups is 1. The third kappa shape index (κ3) is 4.60. The molecule has 2 aromatic heterocycles. The fourth-order valence-corrected chi connectivity index (χ4v) is 5.66. The van der Waals surface area contributed by atoms with Gasteiger partial charge in [-0.25, -0.2) is 0 Å². The van der Waals surface area contributed by atoms with Crippen LogP contribution in [-0.4, -0.2) is 32.0 Å². The second kappa shape index (κ2) is 9.81. The number of rotatable bonds is 6. The van der Waals surface area contributed by atoms with Crippen molar-refractivity contribution in [1.29, 1.82) is 0 Å². The van der Waals surface area contributed by atoms with Crippen LogP contribution in [0.1, 0.15) is 28.3 Å². The van der Waals surface area contributed by atoms with Gasteiger partial charge in [0, 0.05) is 23.7 Å². The third-order valence-corrected chi connectivity index (χ3v) is 7.73. The average Bonchev–Trinajstić information content (AvgIpc) is 3.46. The van der Waals surface area contributed by atoms with Gasteiger partial charge < -0.3 is 5.11 Å². The molecule has 1 aliphatic heterocycles. The monoisotopic (exact) mass is 500 g/mol. The summed E-state index contributed by atoms with van der Waals surface area (Å²) in [6.45, 7) is 1.96.